The van der Waals surface area contributed by atoms with Crippen LogP contribution in [0.1, 0.15) is 5.69 Å². The fraction of sp³-hybridized carbons (Fsp3) is 0.429. The van der Waals surface area contributed by atoms with E-state index in [-0.39, 0.29) is 0 Å². The Balaban J connectivity index is 2.45. The van der Waals surface area contributed by atoms with E-state index >= 15 is 0 Å². The standard InChI is InChI=1S/C7H9IN2/c8-7-2-1-6-5-9-3-4-10(6)7/h1-2,9H,3-5H2. The summed E-state index contributed by atoms with van der Waals surface area (Å²) in [6, 6.07) is 4.36. The number of aromatic nitrogens is 1. The number of hydrogen-bond acceptors (Lipinski definition) is 1. The highest BCUT2D eigenvalue weighted by Gasteiger charge is 2.08. The van der Waals surface area contributed by atoms with E-state index in [4.69, 9.17) is 0 Å². The van der Waals surface area contributed by atoms with Crippen molar-refractivity contribution in [3.8, 4) is 0 Å². The Kier molecular flexibility index (Phi) is 1.69. The molecule has 1 aromatic rings. The first-order chi connectivity index (χ1) is 4.88. The van der Waals surface area contributed by atoms with Crippen LogP contribution in [-0.4, -0.2) is 11.1 Å². The number of halogens is 1. The van der Waals surface area contributed by atoms with Crippen molar-refractivity contribution in [1.29, 1.82) is 0 Å². The predicted molar refractivity (Wildman–Crippen MR) is 48.9 cm³/mol. The van der Waals surface area contributed by atoms with Gasteiger partial charge in [-0.3, -0.25) is 0 Å². The normalized spacial score (nSPS) is 16.9. The molecule has 0 unspecified atom stereocenters. The molecule has 0 radical (unpaired) electrons. The zero-order valence-electron chi connectivity index (χ0n) is 5.60. The van der Waals surface area contributed by atoms with Crippen LogP contribution < -0.4 is 5.32 Å². The van der Waals surface area contributed by atoms with E-state index in [0.29, 0.717) is 0 Å². The third kappa shape index (κ3) is 0.971. The molecule has 3 heteroatoms. The highest BCUT2D eigenvalue weighted by molar-refractivity contribution is 14.1. The zero-order chi connectivity index (χ0) is 6.97. The van der Waals surface area contributed by atoms with Crippen molar-refractivity contribution in [3.05, 3.63) is 21.5 Å². The molecule has 1 aliphatic rings. The Bertz CT molecular complexity index is 242. The van der Waals surface area contributed by atoms with Crippen LogP contribution in [0.2, 0.25) is 0 Å². The Morgan fingerprint density at radius 3 is 3.20 bits per heavy atom. The molecular formula is C7H9IN2. The molecule has 0 saturated heterocycles. The second-order valence-corrected chi connectivity index (χ2v) is 3.58. The Hall–Kier alpha value is -0.0300. The smallest absolute Gasteiger partial charge is 0.0801 e. The quantitative estimate of drug-likeness (QED) is 0.682. The van der Waals surface area contributed by atoms with Gasteiger partial charge < -0.3 is 9.88 Å². The van der Waals surface area contributed by atoms with Crippen molar-refractivity contribution in [1.82, 2.24) is 9.88 Å². The molecule has 2 rings (SSSR count). The molecule has 10 heavy (non-hydrogen) atoms. The van der Waals surface area contributed by atoms with Crippen LogP contribution in [-0.2, 0) is 13.1 Å². The lowest BCUT2D eigenvalue weighted by Crippen LogP contribution is -2.28. The maximum absolute atomic E-state index is 3.33. The fourth-order valence-corrected chi connectivity index (χ4v) is 2.03. The molecule has 1 aromatic heterocycles. The van der Waals surface area contributed by atoms with Crippen molar-refractivity contribution in [3.63, 3.8) is 0 Å². The molecule has 54 valence electrons. The number of rotatable bonds is 0. The van der Waals surface area contributed by atoms with Crippen LogP contribution in [0, 0.1) is 3.70 Å². The molecule has 0 atom stereocenters. The van der Waals surface area contributed by atoms with Gasteiger partial charge in [-0.1, -0.05) is 0 Å². The van der Waals surface area contributed by atoms with Gasteiger partial charge in [-0.2, -0.15) is 0 Å². The van der Waals surface area contributed by atoms with E-state index in [2.05, 4.69) is 44.6 Å². The number of hydrogen-bond donors (Lipinski definition) is 1. The van der Waals surface area contributed by atoms with Crippen LogP contribution in [0.5, 0.6) is 0 Å². The van der Waals surface area contributed by atoms with Crippen molar-refractivity contribution in [2.45, 2.75) is 13.1 Å². The van der Waals surface area contributed by atoms with Gasteiger partial charge in [0.2, 0.25) is 0 Å². The maximum Gasteiger partial charge on any atom is 0.0801 e. The van der Waals surface area contributed by atoms with E-state index in [9.17, 15) is 0 Å². The van der Waals surface area contributed by atoms with Gasteiger partial charge in [0.15, 0.2) is 0 Å². The van der Waals surface area contributed by atoms with Gasteiger partial charge in [0.1, 0.15) is 0 Å². The molecule has 1 N–H and O–H groups in total. The lowest BCUT2D eigenvalue weighted by Gasteiger charge is -2.16. The summed E-state index contributed by atoms with van der Waals surface area (Å²) in [5.74, 6) is 0. The molecule has 0 aliphatic carbocycles. The van der Waals surface area contributed by atoms with Gasteiger partial charge in [0, 0.05) is 25.3 Å². The summed E-state index contributed by atoms with van der Waals surface area (Å²) in [5.41, 5.74) is 1.41. The lowest BCUT2D eigenvalue weighted by atomic mass is 10.3. The molecule has 0 saturated carbocycles. The van der Waals surface area contributed by atoms with Crippen LogP contribution in [0.25, 0.3) is 0 Å². The minimum absolute atomic E-state index is 1.03. The third-order valence-electron chi connectivity index (χ3n) is 1.84. The Morgan fingerprint density at radius 1 is 1.50 bits per heavy atom. The van der Waals surface area contributed by atoms with E-state index < -0.39 is 0 Å². The fourth-order valence-electron chi connectivity index (χ4n) is 1.29. The van der Waals surface area contributed by atoms with Crippen molar-refractivity contribution >= 4 is 22.6 Å². The lowest BCUT2D eigenvalue weighted by molar-refractivity contribution is 0.510. The average Bonchev–Trinajstić information content (AvgIpc) is 2.34. The summed E-state index contributed by atoms with van der Waals surface area (Å²) >= 11 is 2.37. The van der Waals surface area contributed by atoms with Crippen LogP contribution in [0.4, 0.5) is 0 Å². The van der Waals surface area contributed by atoms with Crippen molar-refractivity contribution in [2.75, 3.05) is 6.54 Å². The molecule has 2 heterocycles. The summed E-state index contributed by atoms with van der Waals surface area (Å²) in [6.45, 7) is 3.27. The highest BCUT2D eigenvalue weighted by Crippen LogP contribution is 2.13. The molecule has 0 fully saturated rings. The molecule has 2 nitrogen and oxygen atoms in total. The van der Waals surface area contributed by atoms with E-state index in [1.165, 1.54) is 9.39 Å². The largest absolute Gasteiger partial charge is 0.338 e. The highest BCUT2D eigenvalue weighted by atomic mass is 127. The summed E-state index contributed by atoms with van der Waals surface area (Å²) in [6.07, 6.45) is 0. The SMILES string of the molecule is Ic1ccc2n1CCNC2. The topological polar surface area (TPSA) is 17.0 Å². The van der Waals surface area contributed by atoms with Gasteiger partial charge in [0.05, 0.1) is 3.70 Å². The zero-order valence-corrected chi connectivity index (χ0v) is 7.76. The van der Waals surface area contributed by atoms with Gasteiger partial charge in [0.25, 0.3) is 0 Å². The Morgan fingerprint density at radius 2 is 2.40 bits per heavy atom. The molecule has 0 aromatic carbocycles. The van der Waals surface area contributed by atoms with Gasteiger partial charge in [-0.25, -0.2) is 0 Å². The Labute approximate surface area is 73.8 Å². The van der Waals surface area contributed by atoms with E-state index in [1.54, 1.807) is 0 Å². The molecular weight excluding hydrogens is 239 g/mol. The van der Waals surface area contributed by atoms with Crippen LogP contribution in [0.15, 0.2) is 12.1 Å². The van der Waals surface area contributed by atoms with Gasteiger partial charge in [-0.15, -0.1) is 0 Å². The van der Waals surface area contributed by atoms with E-state index in [1.807, 2.05) is 0 Å². The predicted octanol–water partition coefficient (Wildman–Crippen LogP) is 1.20. The monoisotopic (exact) mass is 248 g/mol. The van der Waals surface area contributed by atoms with Crippen molar-refractivity contribution in [2.24, 2.45) is 0 Å². The minimum atomic E-state index is 1.03. The number of nitrogens with zero attached hydrogens (tertiary/aromatic N) is 1. The first-order valence-electron chi connectivity index (χ1n) is 3.42. The third-order valence-corrected chi connectivity index (χ3v) is 2.78. The second kappa shape index (κ2) is 2.54. The van der Waals surface area contributed by atoms with Crippen LogP contribution in [0.3, 0.4) is 0 Å². The van der Waals surface area contributed by atoms with E-state index in [0.717, 1.165) is 19.6 Å². The summed E-state index contributed by atoms with van der Waals surface area (Å²) < 4.78 is 3.71. The van der Waals surface area contributed by atoms with Crippen LogP contribution >= 0.6 is 22.6 Å². The minimum Gasteiger partial charge on any atom is -0.338 e. The molecule has 0 amide bonds. The average molecular weight is 248 g/mol. The van der Waals surface area contributed by atoms with Crippen molar-refractivity contribution < 1.29 is 0 Å². The number of fused-ring (bicyclic) bond motifs is 1. The second-order valence-electron chi connectivity index (χ2n) is 2.48. The molecule has 1 aliphatic heterocycles. The first kappa shape index (κ1) is 6.67. The summed E-state index contributed by atoms with van der Waals surface area (Å²) in [4.78, 5) is 0. The molecule has 0 bridgehead atoms. The summed E-state index contributed by atoms with van der Waals surface area (Å²) in [7, 11) is 0. The maximum atomic E-state index is 3.33. The number of nitrogens with one attached hydrogen (secondary N) is 1. The first-order valence-corrected chi connectivity index (χ1v) is 4.50. The van der Waals surface area contributed by atoms with Gasteiger partial charge >= 0.3 is 0 Å². The van der Waals surface area contributed by atoms with Gasteiger partial charge in [-0.05, 0) is 34.7 Å². The molecule has 0 spiro atoms. The summed E-state index contributed by atoms with van der Waals surface area (Å²) in [5, 5.41) is 3.33.